The first kappa shape index (κ1) is 14.0. The molecule has 1 aliphatic carbocycles. The Kier molecular flexibility index (Phi) is 5.82. The van der Waals surface area contributed by atoms with Crippen LogP contribution in [-0.4, -0.2) is 12.6 Å². The van der Waals surface area contributed by atoms with Crippen LogP contribution in [0.4, 0.5) is 0 Å². The van der Waals surface area contributed by atoms with Crippen molar-refractivity contribution in [3.05, 3.63) is 0 Å². The maximum Gasteiger partial charge on any atom is 0.00684 e. The molecule has 0 heterocycles. The van der Waals surface area contributed by atoms with Crippen molar-refractivity contribution in [1.29, 1.82) is 0 Å². The van der Waals surface area contributed by atoms with Gasteiger partial charge >= 0.3 is 0 Å². The van der Waals surface area contributed by atoms with Crippen LogP contribution in [0.2, 0.25) is 0 Å². The molecule has 2 unspecified atom stereocenters. The van der Waals surface area contributed by atoms with Crippen molar-refractivity contribution in [2.75, 3.05) is 6.54 Å². The fourth-order valence-corrected chi connectivity index (χ4v) is 2.98. The molecule has 0 spiro atoms. The number of hydrogen-bond acceptors (Lipinski definition) is 1. The zero-order valence-electron chi connectivity index (χ0n) is 11.8. The predicted octanol–water partition coefficient (Wildman–Crippen LogP) is 4.37. The van der Waals surface area contributed by atoms with E-state index in [2.05, 4.69) is 33.0 Å². The molecule has 0 saturated heterocycles. The van der Waals surface area contributed by atoms with E-state index in [1.807, 2.05) is 0 Å². The summed E-state index contributed by atoms with van der Waals surface area (Å²) in [5, 5.41) is 3.73. The van der Waals surface area contributed by atoms with Gasteiger partial charge in [-0.1, -0.05) is 47.0 Å². The van der Waals surface area contributed by atoms with Crippen molar-refractivity contribution in [2.45, 2.75) is 78.7 Å². The molecule has 1 rings (SSSR count). The molecular formula is C15H31N. The van der Waals surface area contributed by atoms with E-state index in [0.29, 0.717) is 5.41 Å². The summed E-state index contributed by atoms with van der Waals surface area (Å²) in [7, 11) is 0. The minimum absolute atomic E-state index is 0.534. The molecule has 0 radical (unpaired) electrons. The molecule has 1 saturated carbocycles. The lowest BCUT2D eigenvalue weighted by molar-refractivity contribution is 0.210. The van der Waals surface area contributed by atoms with E-state index >= 15 is 0 Å². The molecule has 1 fully saturated rings. The third kappa shape index (κ3) is 5.34. The normalized spacial score (nSPS) is 21.8. The van der Waals surface area contributed by atoms with E-state index in [1.54, 1.807) is 0 Å². The van der Waals surface area contributed by atoms with Crippen LogP contribution in [0, 0.1) is 11.3 Å². The summed E-state index contributed by atoms with van der Waals surface area (Å²) in [6.07, 6.45) is 9.64. The second-order valence-corrected chi connectivity index (χ2v) is 6.31. The lowest BCUT2D eigenvalue weighted by atomic mass is 9.77. The van der Waals surface area contributed by atoms with Crippen molar-refractivity contribution < 1.29 is 0 Å². The van der Waals surface area contributed by atoms with Crippen LogP contribution >= 0.6 is 0 Å². The third-order valence-corrected chi connectivity index (χ3v) is 3.87. The van der Waals surface area contributed by atoms with Crippen LogP contribution < -0.4 is 5.32 Å². The van der Waals surface area contributed by atoms with Crippen LogP contribution in [0.1, 0.15) is 72.6 Å². The van der Waals surface area contributed by atoms with E-state index in [-0.39, 0.29) is 0 Å². The topological polar surface area (TPSA) is 12.0 Å². The van der Waals surface area contributed by atoms with Gasteiger partial charge in [-0.2, -0.15) is 0 Å². The lowest BCUT2D eigenvalue weighted by Crippen LogP contribution is -2.34. The zero-order chi connectivity index (χ0) is 12.0. The van der Waals surface area contributed by atoms with Gasteiger partial charge in [0.2, 0.25) is 0 Å². The number of rotatable bonds is 9. The molecule has 0 aromatic rings. The van der Waals surface area contributed by atoms with Gasteiger partial charge in [-0.25, -0.2) is 0 Å². The molecule has 1 aliphatic rings. The lowest BCUT2D eigenvalue weighted by Gasteiger charge is -2.32. The molecule has 2 atom stereocenters. The van der Waals surface area contributed by atoms with Crippen molar-refractivity contribution in [1.82, 2.24) is 5.32 Å². The van der Waals surface area contributed by atoms with E-state index in [9.17, 15) is 0 Å². The van der Waals surface area contributed by atoms with Crippen molar-refractivity contribution in [2.24, 2.45) is 11.3 Å². The Morgan fingerprint density at radius 1 is 1.25 bits per heavy atom. The summed E-state index contributed by atoms with van der Waals surface area (Å²) in [6.45, 7) is 10.8. The van der Waals surface area contributed by atoms with Gasteiger partial charge in [-0.05, 0) is 37.0 Å². The molecule has 0 bridgehead atoms. The first-order valence-electron chi connectivity index (χ1n) is 7.33. The molecule has 0 aromatic heterocycles. The standard InChI is InChI=1S/C15H31N/c1-5-7-13(3)11-15(4,10-6-2)12-16-14-8-9-14/h13-14,16H,5-12H2,1-4H3. The molecular weight excluding hydrogens is 194 g/mol. The van der Waals surface area contributed by atoms with Crippen LogP contribution in [0.3, 0.4) is 0 Å². The maximum atomic E-state index is 3.73. The summed E-state index contributed by atoms with van der Waals surface area (Å²) >= 11 is 0. The average molecular weight is 225 g/mol. The second kappa shape index (κ2) is 6.64. The van der Waals surface area contributed by atoms with Crippen LogP contribution in [0.15, 0.2) is 0 Å². The van der Waals surface area contributed by atoms with Gasteiger partial charge in [-0.15, -0.1) is 0 Å². The van der Waals surface area contributed by atoms with E-state index in [4.69, 9.17) is 0 Å². The monoisotopic (exact) mass is 225 g/mol. The number of hydrogen-bond donors (Lipinski definition) is 1. The predicted molar refractivity (Wildman–Crippen MR) is 72.7 cm³/mol. The molecule has 0 aliphatic heterocycles. The molecule has 1 nitrogen and oxygen atoms in total. The summed E-state index contributed by atoms with van der Waals surface area (Å²) < 4.78 is 0. The molecule has 16 heavy (non-hydrogen) atoms. The Bertz CT molecular complexity index is 186. The van der Waals surface area contributed by atoms with Gasteiger partial charge in [0.05, 0.1) is 0 Å². The Morgan fingerprint density at radius 2 is 1.94 bits per heavy atom. The smallest absolute Gasteiger partial charge is 0.00684 e. The molecule has 1 heteroatoms. The molecule has 1 N–H and O–H groups in total. The second-order valence-electron chi connectivity index (χ2n) is 6.31. The highest BCUT2D eigenvalue weighted by Crippen LogP contribution is 2.33. The fourth-order valence-electron chi connectivity index (χ4n) is 2.98. The largest absolute Gasteiger partial charge is 0.313 e. The van der Waals surface area contributed by atoms with Gasteiger partial charge in [0, 0.05) is 12.6 Å². The zero-order valence-corrected chi connectivity index (χ0v) is 11.8. The highest BCUT2D eigenvalue weighted by atomic mass is 15.0. The Balaban J connectivity index is 2.34. The Labute approximate surface area is 102 Å². The Hall–Kier alpha value is -0.0400. The van der Waals surface area contributed by atoms with Gasteiger partial charge in [-0.3, -0.25) is 0 Å². The SMILES string of the molecule is CCCC(C)CC(C)(CCC)CNC1CC1. The summed E-state index contributed by atoms with van der Waals surface area (Å²) in [4.78, 5) is 0. The molecule has 0 aromatic carbocycles. The van der Waals surface area contributed by atoms with Crippen molar-refractivity contribution in [3.8, 4) is 0 Å². The first-order chi connectivity index (χ1) is 7.59. The van der Waals surface area contributed by atoms with E-state index < -0.39 is 0 Å². The minimum atomic E-state index is 0.534. The Morgan fingerprint density at radius 3 is 2.44 bits per heavy atom. The van der Waals surface area contributed by atoms with Crippen molar-refractivity contribution in [3.63, 3.8) is 0 Å². The highest BCUT2D eigenvalue weighted by Gasteiger charge is 2.29. The maximum absolute atomic E-state index is 3.73. The highest BCUT2D eigenvalue weighted by molar-refractivity contribution is 4.86. The average Bonchev–Trinajstić information content (AvgIpc) is 2.98. The molecule has 96 valence electrons. The summed E-state index contributed by atoms with van der Waals surface area (Å²) in [6, 6.07) is 0.859. The summed E-state index contributed by atoms with van der Waals surface area (Å²) in [5.74, 6) is 0.891. The van der Waals surface area contributed by atoms with E-state index in [0.717, 1.165) is 12.0 Å². The van der Waals surface area contributed by atoms with Gasteiger partial charge in [0.25, 0.3) is 0 Å². The minimum Gasteiger partial charge on any atom is -0.313 e. The van der Waals surface area contributed by atoms with Crippen molar-refractivity contribution >= 4 is 0 Å². The first-order valence-corrected chi connectivity index (χ1v) is 7.33. The van der Waals surface area contributed by atoms with Crippen LogP contribution in [-0.2, 0) is 0 Å². The van der Waals surface area contributed by atoms with Crippen LogP contribution in [0.5, 0.6) is 0 Å². The van der Waals surface area contributed by atoms with Gasteiger partial charge < -0.3 is 5.32 Å². The molecule has 0 amide bonds. The third-order valence-electron chi connectivity index (χ3n) is 3.87. The van der Waals surface area contributed by atoms with E-state index in [1.165, 1.54) is 51.5 Å². The van der Waals surface area contributed by atoms with Crippen LogP contribution in [0.25, 0.3) is 0 Å². The van der Waals surface area contributed by atoms with Gasteiger partial charge in [0.1, 0.15) is 0 Å². The number of nitrogens with one attached hydrogen (secondary N) is 1. The quantitative estimate of drug-likeness (QED) is 0.614. The van der Waals surface area contributed by atoms with Gasteiger partial charge in [0.15, 0.2) is 0 Å². The fraction of sp³-hybridized carbons (Fsp3) is 1.00. The summed E-state index contributed by atoms with van der Waals surface area (Å²) in [5.41, 5.74) is 0.534.